The van der Waals surface area contributed by atoms with Crippen molar-refractivity contribution in [3.8, 4) is 11.5 Å². The van der Waals surface area contributed by atoms with E-state index in [0.717, 1.165) is 0 Å². The van der Waals surface area contributed by atoms with Crippen molar-refractivity contribution < 1.29 is 38.6 Å². The van der Waals surface area contributed by atoms with Crippen LogP contribution >= 0.6 is 0 Å². The van der Waals surface area contributed by atoms with Crippen LogP contribution in [-0.2, 0) is 19.6 Å². The van der Waals surface area contributed by atoms with Crippen molar-refractivity contribution >= 4 is 12.1 Å². The molecule has 0 unspecified atom stereocenters. The summed E-state index contributed by atoms with van der Waals surface area (Å²) in [4.78, 5) is 31.0. The fourth-order valence-electron chi connectivity index (χ4n) is 1.26. The molecule has 0 fully saturated rings. The molecular weight excluding hydrogens is 284 g/mol. The van der Waals surface area contributed by atoms with Crippen molar-refractivity contribution in [3.63, 3.8) is 0 Å². The first-order chi connectivity index (χ1) is 10.1. The third kappa shape index (κ3) is 5.57. The van der Waals surface area contributed by atoms with Crippen LogP contribution in [0.1, 0.15) is 23.7 Å². The van der Waals surface area contributed by atoms with Gasteiger partial charge in [0.1, 0.15) is 11.5 Å². The summed E-state index contributed by atoms with van der Waals surface area (Å²) in [5.41, 5.74) is 0.0942. The van der Waals surface area contributed by atoms with E-state index in [2.05, 4.69) is 19.6 Å². The maximum absolute atomic E-state index is 11.7. The molecule has 1 aromatic carbocycles. The standard InChI is InChI=1S/C13H16O8/c1-4-5-18-13(15)20-21-19-12(14)9-6-10(16-2)8-11(7-9)17-3/h6-8H,4-5H2,1-3H3. The van der Waals surface area contributed by atoms with Crippen molar-refractivity contribution in [1.82, 2.24) is 0 Å². The molecule has 8 heteroatoms. The molecule has 0 aliphatic rings. The minimum atomic E-state index is -1.10. The molecule has 0 saturated heterocycles. The summed E-state index contributed by atoms with van der Waals surface area (Å²) < 4.78 is 14.5. The number of hydrogen-bond acceptors (Lipinski definition) is 8. The van der Waals surface area contributed by atoms with Crippen LogP contribution in [0.5, 0.6) is 11.5 Å². The van der Waals surface area contributed by atoms with E-state index >= 15 is 0 Å². The van der Waals surface area contributed by atoms with Crippen molar-refractivity contribution in [2.75, 3.05) is 20.8 Å². The monoisotopic (exact) mass is 300 g/mol. The van der Waals surface area contributed by atoms with Crippen LogP contribution in [0.2, 0.25) is 0 Å². The first kappa shape index (κ1) is 16.6. The molecule has 21 heavy (non-hydrogen) atoms. The minimum absolute atomic E-state index is 0.0942. The van der Waals surface area contributed by atoms with Crippen molar-refractivity contribution in [3.05, 3.63) is 23.8 Å². The van der Waals surface area contributed by atoms with Crippen LogP contribution in [-0.4, -0.2) is 33.0 Å². The molecule has 0 aromatic heterocycles. The number of ether oxygens (including phenoxy) is 3. The van der Waals surface area contributed by atoms with Gasteiger partial charge in [-0.05, 0) is 18.6 Å². The van der Waals surface area contributed by atoms with E-state index in [1.165, 1.54) is 26.4 Å². The Labute approximate surface area is 121 Å². The lowest BCUT2D eigenvalue weighted by atomic mass is 10.2. The fraction of sp³-hybridized carbons (Fsp3) is 0.385. The van der Waals surface area contributed by atoms with Gasteiger partial charge in [0.2, 0.25) is 0 Å². The Kier molecular flexibility index (Phi) is 6.82. The van der Waals surface area contributed by atoms with Gasteiger partial charge in [0.25, 0.3) is 0 Å². The molecule has 0 saturated carbocycles. The van der Waals surface area contributed by atoms with Gasteiger partial charge in [0.15, 0.2) is 0 Å². The van der Waals surface area contributed by atoms with E-state index < -0.39 is 12.1 Å². The maximum Gasteiger partial charge on any atom is 0.543 e. The molecule has 8 nitrogen and oxygen atoms in total. The smallest absolute Gasteiger partial charge is 0.497 e. The van der Waals surface area contributed by atoms with Gasteiger partial charge >= 0.3 is 12.1 Å². The number of methoxy groups -OCH3 is 2. The van der Waals surface area contributed by atoms with E-state index in [0.29, 0.717) is 17.9 Å². The van der Waals surface area contributed by atoms with Crippen molar-refractivity contribution in [2.24, 2.45) is 0 Å². The molecule has 0 aliphatic heterocycles. The lowest BCUT2D eigenvalue weighted by Crippen LogP contribution is -2.12. The summed E-state index contributed by atoms with van der Waals surface area (Å²) in [6, 6.07) is 4.39. The lowest BCUT2D eigenvalue weighted by Gasteiger charge is -2.07. The molecule has 1 rings (SSSR count). The SMILES string of the molecule is CCCOC(=O)OOOC(=O)c1cc(OC)cc(OC)c1. The number of carbonyl (C=O) groups excluding carboxylic acids is 2. The second-order valence-corrected chi connectivity index (χ2v) is 3.72. The Morgan fingerprint density at radius 3 is 2.14 bits per heavy atom. The van der Waals surface area contributed by atoms with Gasteiger partial charge in [-0.1, -0.05) is 6.92 Å². The summed E-state index contributed by atoms with van der Waals surface area (Å²) >= 11 is 0. The van der Waals surface area contributed by atoms with Crippen LogP contribution < -0.4 is 9.47 Å². The first-order valence-electron chi connectivity index (χ1n) is 6.06. The van der Waals surface area contributed by atoms with Gasteiger partial charge < -0.3 is 14.2 Å². The third-order valence-corrected chi connectivity index (χ3v) is 2.22. The highest BCUT2D eigenvalue weighted by Crippen LogP contribution is 2.23. The fourth-order valence-corrected chi connectivity index (χ4v) is 1.26. The second-order valence-electron chi connectivity index (χ2n) is 3.72. The van der Waals surface area contributed by atoms with Crippen LogP contribution in [0, 0.1) is 0 Å². The zero-order valence-corrected chi connectivity index (χ0v) is 11.9. The second kappa shape index (κ2) is 8.64. The van der Waals surface area contributed by atoms with Gasteiger partial charge in [-0.15, -0.1) is 0 Å². The molecule has 0 N–H and O–H groups in total. The lowest BCUT2D eigenvalue weighted by molar-refractivity contribution is -0.452. The van der Waals surface area contributed by atoms with Crippen LogP contribution in [0.25, 0.3) is 0 Å². The Bertz CT molecular complexity index is 463. The van der Waals surface area contributed by atoms with Crippen molar-refractivity contribution in [2.45, 2.75) is 13.3 Å². The highest BCUT2D eigenvalue weighted by atomic mass is 17.5. The molecule has 0 spiro atoms. The first-order valence-corrected chi connectivity index (χ1v) is 6.06. The van der Waals surface area contributed by atoms with E-state index in [-0.39, 0.29) is 12.2 Å². The Morgan fingerprint density at radius 2 is 1.62 bits per heavy atom. The van der Waals surface area contributed by atoms with Crippen LogP contribution in [0.15, 0.2) is 18.2 Å². The average Bonchev–Trinajstić information content (AvgIpc) is 2.52. The molecule has 0 atom stereocenters. The van der Waals surface area contributed by atoms with Gasteiger partial charge in [-0.25, -0.2) is 14.5 Å². The normalized spacial score (nSPS) is 9.67. The number of hydrogen-bond donors (Lipinski definition) is 0. The summed E-state index contributed by atoms with van der Waals surface area (Å²) in [6.45, 7) is 1.98. The average molecular weight is 300 g/mol. The molecule has 116 valence electrons. The molecule has 0 bridgehead atoms. The largest absolute Gasteiger partial charge is 0.543 e. The summed E-state index contributed by atoms with van der Waals surface area (Å²) in [5.74, 6) is -0.107. The predicted octanol–water partition coefficient (Wildman–Crippen LogP) is 2.27. The predicted molar refractivity (Wildman–Crippen MR) is 68.8 cm³/mol. The number of carbonyl (C=O) groups is 2. The van der Waals surface area contributed by atoms with E-state index in [4.69, 9.17) is 9.47 Å². The van der Waals surface area contributed by atoms with E-state index in [1.54, 1.807) is 6.07 Å². The summed E-state index contributed by atoms with van der Waals surface area (Å²) in [5, 5.41) is 4.05. The van der Waals surface area contributed by atoms with Gasteiger partial charge in [-0.2, -0.15) is 0 Å². The van der Waals surface area contributed by atoms with Gasteiger partial charge in [0.05, 0.1) is 31.4 Å². The summed E-state index contributed by atoms with van der Waals surface area (Å²) in [7, 11) is 2.88. The molecular formula is C13H16O8. The maximum atomic E-state index is 11.7. The molecule has 0 radical (unpaired) electrons. The molecule has 1 aromatic rings. The van der Waals surface area contributed by atoms with E-state index in [1.807, 2.05) is 6.92 Å². The quantitative estimate of drug-likeness (QED) is 0.430. The Morgan fingerprint density at radius 1 is 1.00 bits per heavy atom. The zero-order valence-electron chi connectivity index (χ0n) is 11.9. The Hall–Kier alpha value is -2.48. The highest BCUT2D eigenvalue weighted by Gasteiger charge is 2.14. The highest BCUT2D eigenvalue weighted by molar-refractivity contribution is 5.90. The zero-order chi connectivity index (χ0) is 15.7. The Balaban J connectivity index is 2.53. The number of benzene rings is 1. The molecule has 0 heterocycles. The van der Waals surface area contributed by atoms with Gasteiger partial charge in [0, 0.05) is 6.07 Å². The topological polar surface area (TPSA) is 89.5 Å². The minimum Gasteiger partial charge on any atom is -0.497 e. The van der Waals surface area contributed by atoms with E-state index in [9.17, 15) is 9.59 Å². The molecule has 0 aliphatic carbocycles. The molecule has 0 amide bonds. The summed E-state index contributed by atoms with van der Waals surface area (Å²) in [6.07, 6.45) is -0.480. The van der Waals surface area contributed by atoms with Crippen molar-refractivity contribution in [1.29, 1.82) is 0 Å². The van der Waals surface area contributed by atoms with Crippen LogP contribution in [0.4, 0.5) is 4.79 Å². The third-order valence-electron chi connectivity index (χ3n) is 2.22. The van der Waals surface area contributed by atoms with Gasteiger partial charge in [-0.3, -0.25) is 4.89 Å². The van der Waals surface area contributed by atoms with Crippen LogP contribution in [0.3, 0.4) is 0 Å². The number of rotatable bonds is 7.